The minimum absolute atomic E-state index is 0.311. The van der Waals surface area contributed by atoms with Crippen molar-refractivity contribution >= 4 is 11.6 Å². The van der Waals surface area contributed by atoms with E-state index in [-0.39, 0.29) is 6.10 Å². The summed E-state index contributed by atoms with van der Waals surface area (Å²) in [5.41, 5.74) is 4.48. The molecule has 1 aliphatic carbocycles. The number of fused-ring (bicyclic) bond motifs is 1. The van der Waals surface area contributed by atoms with Crippen LogP contribution in [-0.4, -0.2) is 9.67 Å². The highest BCUT2D eigenvalue weighted by atomic mass is 35.5. The molecule has 0 spiro atoms. The van der Waals surface area contributed by atoms with E-state index in [2.05, 4.69) is 10.6 Å². The lowest BCUT2D eigenvalue weighted by molar-refractivity contribution is 0.156. The molecule has 0 amide bonds. The van der Waals surface area contributed by atoms with Gasteiger partial charge in [-0.2, -0.15) is 0 Å². The van der Waals surface area contributed by atoms with Crippen molar-refractivity contribution in [2.24, 2.45) is 0 Å². The number of aromatic nitrogens is 1. The van der Waals surface area contributed by atoms with Crippen LogP contribution in [0, 0.1) is 6.92 Å². The SMILES string of the molecule is Cc1c(Cl)cccc1-n1ccc2c1CCCC2O. The van der Waals surface area contributed by atoms with Crippen molar-refractivity contribution in [2.45, 2.75) is 32.3 Å². The molecule has 18 heavy (non-hydrogen) atoms. The van der Waals surface area contributed by atoms with Crippen LogP contribution < -0.4 is 0 Å². The molecule has 1 N–H and O–H groups in total. The second kappa shape index (κ2) is 4.45. The molecule has 1 aromatic carbocycles. The van der Waals surface area contributed by atoms with Gasteiger partial charge >= 0.3 is 0 Å². The van der Waals surface area contributed by atoms with Gasteiger partial charge in [0, 0.05) is 28.2 Å². The van der Waals surface area contributed by atoms with Crippen molar-refractivity contribution in [1.29, 1.82) is 0 Å². The third kappa shape index (κ3) is 1.76. The Morgan fingerprint density at radius 1 is 1.33 bits per heavy atom. The molecule has 1 atom stereocenters. The van der Waals surface area contributed by atoms with Gasteiger partial charge < -0.3 is 9.67 Å². The molecule has 0 aliphatic heterocycles. The Morgan fingerprint density at radius 2 is 2.17 bits per heavy atom. The number of hydrogen-bond donors (Lipinski definition) is 1. The Morgan fingerprint density at radius 3 is 3.00 bits per heavy atom. The lowest BCUT2D eigenvalue weighted by Gasteiger charge is -2.21. The Balaban J connectivity index is 2.16. The Bertz CT molecular complexity index is 588. The van der Waals surface area contributed by atoms with Crippen LogP contribution >= 0.6 is 11.6 Å². The second-order valence-electron chi connectivity index (χ2n) is 4.88. The van der Waals surface area contributed by atoms with Gasteiger partial charge in [0.25, 0.3) is 0 Å². The standard InChI is InChI=1S/C15H16ClNO/c1-10-12(16)4-2-5-13(10)17-9-8-11-14(17)6-3-7-15(11)18/h2,4-5,8-9,15,18H,3,6-7H2,1H3. The van der Waals surface area contributed by atoms with Crippen molar-refractivity contribution in [1.82, 2.24) is 4.57 Å². The fourth-order valence-corrected chi connectivity index (χ4v) is 2.92. The number of aliphatic hydroxyl groups excluding tert-OH is 1. The van der Waals surface area contributed by atoms with Crippen molar-refractivity contribution in [2.75, 3.05) is 0 Å². The number of hydrogen-bond acceptors (Lipinski definition) is 1. The summed E-state index contributed by atoms with van der Waals surface area (Å²) in [5, 5.41) is 10.8. The highest BCUT2D eigenvalue weighted by Gasteiger charge is 2.22. The number of aliphatic hydroxyl groups is 1. The zero-order valence-electron chi connectivity index (χ0n) is 10.4. The van der Waals surface area contributed by atoms with Crippen LogP contribution in [0.4, 0.5) is 0 Å². The average Bonchev–Trinajstić information content (AvgIpc) is 2.78. The molecule has 1 unspecified atom stereocenters. The first-order valence-electron chi connectivity index (χ1n) is 6.32. The van der Waals surface area contributed by atoms with Crippen LogP contribution in [0.15, 0.2) is 30.5 Å². The maximum atomic E-state index is 10.0. The predicted molar refractivity (Wildman–Crippen MR) is 73.4 cm³/mol. The Hall–Kier alpha value is -1.25. The topological polar surface area (TPSA) is 25.2 Å². The molecule has 0 fully saturated rings. The normalized spacial score (nSPS) is 18.7. The van der Waals surface area contributed by atoms with E-state index in [1.807, 2.05) is 31.3 Å². The molecule has 0 saturated heterocycles. The number of nitrogens with zero attached hydrogens (tertiary/aromatic N) is 1. The van der Waals surface area contributed by atoms with Crippen molar-refractivity contribution in [3.63, 3.8) is 0 Å². The molecule has 94 valence electrons. The Kier molecular flexibility index (Phi) is 2.92. The predicted octanol–water partition coefficient (Wildman–Crippen LogP) is 3.81. The zero-order valence-corrected chi connectivity index (χ0v) is 11.1. The van der Waals surface area contributed by atoms with Crippen molar-refractivity contribution in [3.8, 4) is 5.69 Å². The van der Waals surface area contributed by atoms with E-state index in [9.17, 15) is 5.11 Å². The molecule has 3 rings (SSSR count). The van der Waals surface area contributed by atoms with Crippen molar-refractivity contribution < 1.29 is 5.11 Å². The fourth-order valence-electron chi connectivity index (χ4n) is 2.75. The van der Waals surface area contributed by atoms with Crippen LogP contribution in [0.25, 0.3) is 5.69 Å². The maximum absolute atomic E-state index is 10.0. The minimum atomic E-state index is -0.311. The van der Waals surface area contributed by atoms with Gasteiger partial charge in [0.15, 0.2) is 0 Å². The molecule has 1 aromatic heterocycles. The summed E-state index contributed by atoms with van der Waals surface area (Å²) >= 11 is 6.18. The Labute approximate surface area is 112 Å². The molecular weight excluding hydrogens is 246 g/mol. The first-order valence-corrected chi connectivity index (χ1v) is 6.70. The third-order valence-corrected chi connectivity index (χ3v) is 4.19. The van der Waals surface area contributed by atoms with Gasteiger partial charge in [-0.3, -0.25) is 0 Å². The van der Waals surface area contributed by atoms with Crippen LogP contribution in [0.2, 0.25) is 5.02 Å². The minimum Gasteiger partial charge on any atom is -0.388 e. The largest absolute Gasteiger partial charge is 0.388 e. The van der Waals surface area contributed by atoms with Gasteiger partial charge in [0.05, 0.1) is 6.10 Å². The molecule has 3 heteroatoms. The summed E-state index contributed by atoms with van der Waals surface area (Å²) in [4.78, 5) is 0. The summed E-state index contributed by atoms with van der Waals surface area (Å²) in [7, 11) is 0. The van der Waals surface area contributed by atoms with Crippen LogP contribution in [-0.2, 0) is 6.42 Å². The monoisotopic (exact) mass is 261 g/mol. The van der Waals surface area contributed by atoms with E-state index < -0.39 is 0 Å². The summed E-state index contributed by atoms with van der Waals surface area (Å²) in [6.45, 7) is 2.03. The third-order valence-electron chi connectivity index (χ3n) is 3.78. The fraction of sp³-hybridized carbons (Fsp3) is 0.333. The van der Waals surface area contributed by atoms with E-state index in [0.29, 0.717) is 0 Å². The zero-order chi connectivity index (χ0) is 12.7. The highest BCUT2D eigenvalue weighted by molar-refractivity contribution is 6.31. The molecule has 0 radical (unpaired) electrons. The first-order chi connectivity index (χ1) is 8.68. The van der Waals surface area contributed by atoms with Gasteiger partial charge in [-0.1, -0.05) is 17.7 Å². The van der Waals surface area contributed by atoms with E-state index in [0.717, 1.165) is 41.1 Å². The van der Waals surface area contributed by atoms with Gasteiger partial charge in [0.2, 0.25) is 0 Å². The molecular formula is C15H16ClNO. The summed E-state index contributed by atoms with van der Waals surface area (Å²) < 4.78 is 2.17. The molecule has 0 saturated carbocycles. The quantitative estimate of drug-likeness (QED) is 0.830. The molecule has 0 bridgehead atoms. The maximum Gasteiger partial charge on any atom is 0.0807 e. The smallest absolute Gasteiger partial charge is 0.0807 e. The van der Waals surface area contributed by atoms with E-state index in [1.165, 1.54) is 5.69 Å². The van der Waals surface area contributed by atoms with E-state index in [1.54, 1.807) is 0 Å². The van der Waals surface area contributed by atoms with Crippen LogP contribution in [0.1, 0.15) is 35.8 Å². The van der Waals surface area contributed by atoms with Gasteiger partial charge in [0.1, 0.15) is 0 Å². The van der Waals surface area contributed by atoms with Gasteiger partial charge in [-0.05, 0) is 49.9 Å². The summed E-state index contributed by atoms with van der Waals surface area (Å²) in [5.74, 6) is 0. The number of halogens is 1. The number of benzene rings is 1. The van der Waals surface area contributed by atoms with Gasteiger partial charge in [-0.25, -0.2) is 0 Å². The first kappa shape index (κ1) is 11.8. The molecule has 1 aliphatic rings. The summed E-state index contributed by atoms with van der Waals surface area (Å²) in [6, 6.07) is 7.98. The van der Waals surface area contributed by atoms with Crippen molar-refractivity contribution in [3.05, 3.63) is 52.3 Å². The second-order valence-corrected chi connectivity index (χ2v) is 5.29. The molecule has 2 aromatic rings. The van der Waals surface area contributed by atoms with E-state index >= 15 is 0 Å². The lowest BCUT2D eigenvalue weighted by Crippen LogP contribution is -2.11. The number of rotatable bonds is 1. The lowest BCUT2D eigenvalue weighted by atomic mass is 9.95. The average molecular weight is 262 g/mol. The van der Waals surface area contributed by atoms with Crippen LogP contribution in [0.3, 0.4) is 0 Å². The highest BCUT2D eigenvalue weighted by Crippen LogP contribution is 2.33. The van der Waals surface area contributed by atoms with Gasteiger partial charge in [-0.15, -0.1) is 0 Å². The summed E-state index contributed by atoms with van der Waals surface area (Å²) in [6.07, 6.45) is 4.65. The molecule has 1 heterocycles. The van der Waals surface area contributed by atoms with Crippen LogP contribution in [0.5, 0.6) is 0 Å². The molecule has 2 nitrogen and oxygen atoms in total. The van der Waals surface area contributed by atoms with E-state index in [4.69, 9.17) is 11.6 Å².